The van der Waals surface area contributed by atoms with Crippen LogP contribution in [0, 0.1) is 17.1 Å². The van der Waals surface area contributed by atoms with Crippen molar-refractivity contribution in [3.8, 4) is 121 Å². The van der Waals surface area contributed by atoms with Crippen molar-refractivity contribution in [1.29, 1.82) is 5.26 Å². The molecule has 0 fully saturated rings. The van der Waals surface area contributed by atoms with Gasteiger partial charge in [0.25, 0.3) is 0 Å². The van der Waals surface area contributed by atoms with Crippen molar-refractivity contribution in [2.45, 2.75) is 131 Å². The lowest BCUT2D eigenvalue weighted by atomic mass is 10.0. The Morgan fingerprint density at radius 3 is 0.856 bits per heavy atom. The van der Waals surface area contributed by atoms with Crippen molar-refractivity contribution in [3.63, 3.8) is 0 Å². The molecule has 16 aromatic rings. The first-order chi connectivity index (χ1) is 63.5. The van der Waals surface area contributed by atoms with Crippen LogP contribution in [0.3, 0.4) is 0 Å². The number of aliphatic carboxylic acids is 4. The minimum atomic E-state index is -1.11. The van der Waals surface area contributed by atoms with Crippen LogP contribution in [0.1, 0.15) is 109 Å². The molecule has 0 unspecified atom stereocenters. The number of hydrogen-bond acceptors (Lipinski definition) is 25. The van der Waals surface area contributed by atoms with Crippen LogP contribution in [-0.2, 0) is 44.9 Å². The summed E-state index contributed by atoms with van der Waals surface area (Å²) >= 11 is 30.9. The van der Waals surface area contributed by atoms with Gasteiger partial charge in [-0.3, -0.25) is 0 Å². The zero-order chi connectivity index (χ0) is 94.0. The second-order valence-electron chi connectivity index (χ2n) is 29.5. The summed E-state index contributed by atoms with van der Waals surface area (Å²) in [5.74, 6) is 0.226. The quantitative estimate of drug-likeness (QED) is 0.0304. The molecule has 4 atom stereocenters. The van der Waals surface area contributed by atoms with Gasteiger partial charge in [-0.2, -0.15) is 5.26 Å². The molecule has 35 heteroatoms. The molecule has 0 saturated heterocycles. The SMILES string of the molecule is CCCc1nc(Oc2ccc(C#N)cc2)ccc1-c1noc2cc(Cl)c(O[C@@H](C)C(=O)O)cc12.CCCc1nc(Oc2ccc(Cl)cc2)ccc1-c1noc2cc(Cl)c(O[C@H](C)C(=O)O)cc12.CCCc1nc(Oc2ccc(F)cc2)ccc1-c1noc2cc(Cl)c(O[C@@H](C)C(=O)O)cc12.CCCc1nc(Oc2ccccc2)ccc1-c1noc2cc(Cl)c(O[C@@H](C)C(=O)O)cc12. The van der Waals surface area contributed by atoms with E-state index < -0.39 is 48.3 Å². The molecular formula is C97H81Cl5FN9O20. The normalized spacial score (nSPS) is 11.9. The average molecular weight is 1890 g/mol. The highest BCUT2D eigenvalue weighted by atomic mass is 35.5. The predicted molar refractivity (Wildman–Crippen MR) is 492 cm³/mol. The summed E-state index contributed by atoms with van der Waals surface area (Å²) in [4.78, 5) is 63.4. The standard InChI is InChI=1S/C25H20ClN3O5.C24H20Cl2N2O5.C24H20ClFN2O5.C24H21ClN2O5/c1-3-4-20-17(9-10-23(28-20)33-16-7-5-15(13-27)6-8-16)24-18-11-22(32-14(2)25(30)31)19(26)12-21(18)34-29-24;1-3-4-19-16(9-10-22(27-19)32-15-7-5-14(25)6-8-15)23-17-11-21(31-13(2)24(29)30)18(26)12-20(17)33-28-23;1-3-4-19-16(9-10-22(27-19)32-15-7-5-14(26)6-8-15)23-17-11-21(31-13(2)24(29)30)18(25)12-20(17)33-28-23;1-3-7-19-16(10-11-22(26-19)31-15-8-5-4-6-9-15)23-17-12-21(30-14(2)24(28)29)18(25)13-20(17)32-27-23/h5-12,14H,3-4H2,1-2H3,(H,30,31);2*5-13H,3-4H2,1-2H3,(H,29,30);4-6,8-14H,3,7H2,1-2H3,(H,28,29)/t14-;2*13-;14-/m0100/s1. The molecule has 0 radical (unpaired) electrons. The molecular weight excluding hydrogens is 1810 g/mol. The number of para-hydroxylation sites is 1. The van der Waals surface area contributed by atoms with Gasteiger partial charge in [0, 0.05) is 75.8 Å². The molecule has 0 spiro atoms. The third kappa shape index (κ3) is 23.5. The molecule has 676 valence electrons. The number of fused-ring (bicyclic) bond motifs is 4. The van der Waals surface area contributed by atoms with Crippen LogP contribution in [-0.4, -0.2) is 109 Å². The molecule has 8 heterocycles. The molecule has 0 bridgehead atoms. The molecule has 0 aliphatic rings. The van der Waals surface area contributed by atoms with Crippen molar-refractivity contribution < 1.29 is 100.0 Å². The molecule has 132 heavy (non-hydrogen) atoms. The number of pyridine rings is 4. The molecule has 0 amide bonds. The minimum absolute atomic E-state index is 0.213. The monoisotopic (exact) mass is 1890 g/mol. The van der Waals surface area contributed by atoms with Crippen molar-refractivity contribution in [3.05, 3.63) is 259 Å². The molecule has 29 nitrogen and oxygen atoms in total. The van der Waals surface area contributed by atoms with Gasteiger partial charge in [0.15, 0.2) is 46.7 Å². The molecule has 16 rings (SSSR count). The van der Waals surface area contributed by atoms with Gasteiger partial charge in [-0.15, -0.1) is 0 Å². The lowest BCUT2D eigenvalue weighted by Crippen LogP contribution is -2.22. The zero-order valence-corrected chi connectivity index (χ0v) is 75.4. The summed E-state index contributed by atoms with van der Waals surface area (Å²) in [5, 5.41) is 66.5. The Hall–Kier alpha value is -14.6. The van der Waals surface area contributed by atoms with E-state index in [-0.39, 0.29) is 48.9 Å². The second kappa shape index (κ2) is 43.7. The van der Waals surface area contributed by atoms with E-state index in [2.05, 4.69) is 55.5 Å². The number of aryl methyl sites for hydroxylation is 4. The van der Waals surface area contributed by atoms with Crippen molar-refractivity contribution in [2.24, 2.45) is 0 Å². The number of hydrogen-bond donors (Lipinski definition) is 4. The Balaban J connectivity index is 0.000000150. The van der Waals surface area contributed by atoms with Crippen LogP contribution in [0.5, 0.6) is 69.5 Å². The lowest BCUT2D eigenvalue weighted by Gasteiger charge is -2.12. The van der Waals surface area contributed by atoms with Gasteiger partial charge in [0.2, 0.25) is 23.5 Å². The number of carbonyl (C=O) groups is 4. The van der Waals surface area contributed by atoms with Crippen LogP contribution < -0.4 is 37.9 Å². The molecule has 8 aromatic heterocycles. The number of nitriles is 1. The van der Waals surface area contributed by atoms with E-state index >= 15 is 0 Å². The van der Waals surface area contributed by atoms with Gasteiger partial charge in [-0.1, -0.05) is 150 Å². The molecule has 8 aromatic carbocycles. The van der Waals surface area contributed by atoms with Gasteiger partial charge < -0.3 is 76.4 Å². The molecule has 0 aliphatic heterocycles. The fourth-order valence-corrected chi connectivity index (χ4v) is 14.1. The fraction of sp³-hybridized carbons (Fsp3) is 0.206. The van der Waals surface area contributed by atoms with Gasteiger partial charge in [-0.25, -0.2) is 43.5 Å². The van der Waals surface area contributed by atoms with E-state index in [0.29, 0.717) is 149 Å². The van der Waals surface area contributed by atoms with Crippen LogP contribution in [0.2, 0.25) is 25.1 Å². The van der Waals surface area contributed by atoms with E-state index in [1.165, 1.54) is 58.0 Å². The first-order valence-electron chi connectivity index (χ1n) is 41.3. The first-order valence-corrected chi connectivity index (χ1v) is 43.2. The highest BCUT2D eigenvalue weighted by molar-refractivity contribution is 6.34. The number of aromatic nitrogens is 8. The Labute approximate surface area is 777 Å². The third-order valence-corrected chi connectivity index (χ3v) is 21.1. The van der Waals surface area contributed by atoms with Crippen molar-refractivity contribution in [2.75, 3.05) is 0 Å². The third-order valence-electron chi connectivity index (χ3n) is 19.7. The van der Waals surface area contributed by atoms with Gasteiger partial charge in [0.05, 0.1) is 76.0 Å². The summed E-state index contributed by atoms with van der Waals surface area (Å²) in [6.07, 6.45) is 1.84. The van der Waals surface area contributed by atoms with Gasteiger partial charge in [-0.05, 0) is 187 Å². The highest BCUT2D eigenvalue weighted by Crippen LogP contribution is 2.44. The van der Waals surface area contributed by atoms with Crippen LogP contribution in [0.25, 0.3) is 88.9 Å². The van der Waals surface area contributed by atoms with Crippen LogP contribution in [0.15, 0.2) is 218 Å². The Kier molecular flexibility index (Phi) is 31.4. The van der Waals surface area contributed by atoms with Crippen LogP contribution in [0.4, 0.5) is 4.39 Å². The Bertz CT molecular complexity index is 6690. The Morgan fingerprint density at radius 1 is 0.356 bits per heavy atom. The maximum atomic E-state index is 13.2. The first kappa shape index (κ1) is 95.0. The van der Waals surface area contributed by atoms with Crippen molar-refractivity contribution >= 4 is 126 Å². The summed E-state index contributed by atoms with van der Waals surface area (Å²) < 4.78 is 80.4. The summed E-state index contributed by atoms with van der Waals surface area (Å²) in [7, 11) is 0. The molecule has 0 saturated carbocycles. The second-order valence-corrected chi connectivity index (χ2v) is 31.5. The highest BCUT2D eigenvalue weighted by Gasteiger charge is 2.28. The topological polar surface area (TPSA) is 403 Å². The zero-order valence-electron chi connectivity index (χ0n) is 71.6. The van der Waals surface area contributed by atoms with Gasteiger partial charge in [0.1, 0.15) is 74.6 Å². The number of nitrogens with zero attached hydrogens (tertiary/aromatic N) is 9. The predicted octanol–water partition coefficient (Wildman–Crippen LogP) is 25.2. The Morgan fingerprint density at radius 2 is 0.606 bits per heavy atom. The van der Waals surface area contributed by atoms with E-state index in [1.807, 2.05) is 68.4 Å². The molecule has 0 aliphatic carbocycles. The maximum Gasteiger partial charge on any atom is 0.344 e. The summed E-state index contributed by atoms with van der Waals surface area (Å²) in [5.41, 5.74) is 10.7. The van der Waals surface area contributed by atoms with Gasteiger partial charge >= 0.3 is 23.9 Å². The maximum absolute atomic E-state index is 13.2. The fourth-order valence-electron chi connectivity index (χ4n) is 13.2. The number of carboxylic acids is 4. The van der Waals surface area contributed by atoms with Crippen LogP contribution >= 0.6 is 58.0 Å². The summed E-state index contributed by atoms with van der Waals surface area (Å²) in [6.45, 7) is 13.9. The largest absolute Gasteiger partial charge is 0.479 e. The number of carboxylic acid groups (broad SMARTS) is 4. The minimum Gasteiger partial charge on any atom is -0.479 e. The number of rotatable bonds is 32. The van der Waals surface area contributed by atoms with E-state index in [4.69, 9.17) is 145 Å². The number of benzene rings is 8. The summed E-state index contributed by atoms with van der Waals surface area (Å²) in [6, 6.07) is 58.1. The number of halogens is 6. The number of ether oxygens (including phenoxy) is 8. The molecule has 4 N–H and O–H groups in total. The van der Waals surface area contributed by atoms with E-state index in [0.717, 1.165) is 70.7 Å². The van der Waals surface area contributed by atoms with E-state index in [9.17, 15) is 23.6 Å². The van der Waals surface area contributed by atoms with E-state index in [1.54, 1.807) is 115 Å². The van der Waals surface area contributed by atoms with Crippen molar-refractivity contribution in [1.82, 2.24) is 40.6 Å². The lowest BCUT2D eigenvalue weighted by molar-refractivity contribution is -0.145. The smallest absolute Gasteiger partial charge is 0.344 e. The average Bonchev–Trinajstić information content (AvgIpc) is 1.49.